The molecule has 1 heterocycles. The molecule has 2 fully saturated rings. The Bertz CT molecular complexity index is 2290. The summed E-state index contributed by atoms with van der Waals surface area (Å²) < 4.78 is 99.5. The summed E-state index contributed by atoms with van der Waals surface area (Å²) >= 11 is 0. The number of aromatic nitrogens is 3. The summed E-state index contributed by atoms with van der Waals surface area (Å²) in [6.07, 6.45) is 1.06. The maximum absolute atomic E-state index is 14.5. The molecule has 6 rings (SSSR count). The van der Waals surface area contributed by atoms with Crippen molar-refractivity contribution in [3.8, 4) is 22.5 Å². The molecule has 2 aliphatic rings. The lowest BCUT2D eigenvalue weighted by Crippen LogP contribution is -2.45. The number of nitrogens with one attached hydrogen (secondary N) is 3. The van der Waals surface area contributed by atoms with Gasteiger partial charge in [-0.3, -0.25) is 19.5 Å². The number of aromatic amines is 1. The van der Waals surface area contributed by atoms with E-state index in [4.69, 9.17) is 10.8 Å². The molecule has 1 unspecified atom stereocenters. The number of amides is 2. The predicted octanol–water partition coefficient (Wildman–Crippen LogP) is 8.09. The molecule has 0 radical (unpaired) electrons. The van der Waals surface area contributed by atoms with Crippen LogP contribution in [0.1, 0.15) is 85.1 Å². The van der Waals surface area contributed by atoms with Crippen LogP contribution in [0.5, 0.6) is 0 Å². The molecule has 2 amide bonds. The molecule has 3 aromatic carbocycles. The van der Waals surface area contributed by atoms with Gasteiger partial charge in [-0.05, 0) is 137 Å². The molecule has 2 aliphatic carbocycles. The fourth-order valence-electron chi connectivity index (χ4n) is 8.43. The first kappa shape index (κ1) is 47.8. The second kappa shape index (κ2) is 19.6. The van der Waals surface area contributed by atoms with E-state index in [2.05, 4.69) is 25.6 Å². The Morgan fingerprint density at radius 1 is 0.844 bits per heavy atom. The van der Waals surface area contributed by atoms with Crippen molar-refractivity contribution in [2.24, 2.45) is 23.5 Å². The summed E-state index contributed by atoms with van der Waals surface area (Å²) in [6.45, 7) is 0.507. The number of nitrogens with zero attached hydrogens (tertiary/aromatic N) is 3. The number of rotatable bonds is 16. The van der Waals surface area contributed by atoms with Crippen LogP contribution in [-0.2, 0) is 32.9 Å². The SMILES string of the molecule is CN(C)C1CCC(NC(=O)c2ccc(-c3ccc(CC(CC(=O)C4CCC(CN)CC4)C(=O)Nc4ccc(-c5n[nH]c(C(F)(F)C(F)(F)C(=O)O)n5)cc4)cc3)c(C(F)(F)F)c2)CC1. The zero-order valence-corrected chi connectivity index (χ0v) is 35.2. The molecule has 0 aliphatic heterocycles. The van der Waals surface area contributed by atoms with Crippen LogP contribution in [0.3, 0.4) is 0 Å². The number of carboxylic acid groups (broad SMARTS) is 1. The van der Waals surface area contributed by atoms with Crippen molar-refractivity contribution in [1.82, 2.24) is 25.4 Å². The van der Waals surface area contributed by atoms with Gasteiger partial charge >= 0.3 is 24.0 Å². The molecule has 64 heavy (non-hydrogen) atoms. The highest BCUT2D eigenvalue weighted by Crippen LogP contribution is 2.42. The Morgan fingerprint density at radius 2 is 1.47 bits per heavy atom. The number of H-pyrrole nitrogens is 1. The lowest BCUT2D eigenvalue weighted by Gasteiger charge is -2.33. The molecule has 12 nitrogen and oxygen atoms in total. The molecule has 344 valence electrons. The van der Waals surface area contributed by atoms with Crippen LogP contribution in [-0.4, -0.2) is 87.4 Å². The van der Waals surface area contributed by atoms with Crippen molar-refractivity contribution in [3.05, 3.63) is 89.2 Å². The average Bonchev–Trinajstić information content (AvgIpc) is 3.78. The predicted molar refractivity (Wildman–Crippen MR) is 222 cm³/mol. The molecule has 6 N–H and O–H groups in total. The molecule has 1 atom stereocenters. The van der Waals surface area contributed by atoms with Crippen LogP contribution in [0, 0.1) is 17.8 Å². The number of carboxylic acids is 1. The van der Waals surface area contributed by atoms with E-state index in [1.807, 2.05) is 14.1 Å². The number of hydrogen-bond acceptors (Lipinski definition) is 8. The van der Waals surface area contributed by atoms with Gasteiger partial charge in [0, 0.05) is 47.2 Å². The van der Waals surface area contributed by atoms with Crippen LogP contribution in [0.15, 0.2) is 66.7 Å². The lowest BCUT2D eigenvalue weighted by atomic mass is 9.77. The summed E-state index contributed by atoms with van der Waals surface area (Å²) in [4.78, 5) is 56.9. The normalized spacial score (nSPS) is 20.1. The Morgan fingerprint density at radius 3 is 2.05 bits per heavy atom. The number of nitrogens with two attached hydrogens (primary N) is 1. The third-order valence-electron chi connectivity index (χ3n) is 12.4. The molecule has 0 saturated heterocycles. The van der Waals surface area contributed by atoms with Crippen molar-refractivity contribution in [2.75, 3.05) is 26.0 Å². The smallest absolute Gasteiger partial charge is 0.417 e. The third kappa shape index (κ3) is 11.0. The third-order valence-corrected chi connectivity index (χ3v) is 12.4. The number of alkyl halides is 7. The minimum atomic E-state index is -5.48. The maximum atomic E-state index is 14.5. The number of aliphatic carboxylic acids is 1. The van der Waals surface area contributed by atoms with Gasteiger partial charge < -0.3 is 26.4 Å². The number of hydrogen-bond donors (Lipinski definition) is 5. The quantitative estimate of drug-likeness (QED) is 0.0694. The highest BCUT2D eigenvalue weighted by molar-refractivity contribution is 5.97. The number of ketones is 1. The summed E-state index contributed by atoms with van der Waals surface area (Å²) in [5.74, 6) is -18.0. The summed E-state index contributed by atoms with van der Waals surface area (Å²) in [5, 5.41) is 19.4. The molecule has 4 aromatic rings. The van der Waals surface area contributed by atoms with Gasteiger partial charge in [-0.1, -0.05) is 30.3 Å². The van der Waals surface area contributed by atoms with Gasteiger partial charge in [-0.25, -0.2) is 9.78 Å². The molecule has 0 spiro atoms. The Balaban J connectivity index is 1.17. The second-order valence-corrected chi connectivity index (χ2v) is 17.0. The largest absolute Gasteiger partial charge is 0.477 e. The van der Waals surface area contributed by atoms with Gasteiger partial charge in [-0.15, -0.1) is 0 Å². The number of Topliss-reactive ketones (excluding diaryl/α,β-unsaturated/α-hetero) is 1. The standard InChI is InChI=1S/C45H50F7N7O5/c1-59(2)34-18-16-33(17-19-34)54-39(61)30-13-20-35(36(22-30)45(50,51)52)27-7-3-25(4-8-27)21-31(23-37(60)28-9-5-26(24-53)6-10-28)40(62)55-32-14-11-29(12-15-32)38-56-41(58-57-38)43(46,47)44(48,49)42(63)64/h3-4,7-8,11-15,20,22,26,28,31,33-34H,5-6,9-10,16-19,21,23-24,53H2,1-2H3,(H,54,61)(H,55,62)(H,63,64)(H,56,57,58). The zero-order valence-electron chi connectivity index (χ0n) is 35.2. The summed E-state index contributed by atoms with van der Waals surface area (Å²) in [5.41, 5.74) is 5.63. The highest BCUT2D eigenvalue weighted by atomic mass is 19.4. The molecular formula is C45H50F7N7O5. The molecule has 2 saturated carbocycles. The Labute approximate surface area is 364 Å². The van der Waals surface area contributed by atoms with E-state index < -0.39 is 58.9 Å². The van der Waals surface area contributed by atoms with E-state index in [0.717, 1.165) is 44.6 Å². The Hall–Kier alpha value is -5.69. The topological polar surface area (TPSA) is 183 Å². The molecular weight excluding hydrogens is 852 g/mol. The van der Waals surface area contributed by atoms with Crippen LogP contribution < -0.4 is 16.4 Å². The van der Waals surface area contributed by atoms with Crippen LogP contribution in [0.2, 0.25) is 0 Å². The van der Waals surface area contributed by atoms with Crippen LogP contribution in [0.4, 0.5) is 36.4 Å². The highest BCUT2D eigenvalue weighted by Gasteiger charge is 2.65. The number of anilines is 1. The van der Waals surface area contributed by atoms with Crippen molar-refractivity contribution in [2.45, 2.75) is 94.3 Å². The van der Waals surface area contributed by atoms with Gasteiger partial charge in [0.1, 0.15) is 5.78 Å². The number of carbonyl (C=O) groups excluding carboxylic acids is 3. The molecule has 1 aromatic heterocycles. The van der Waals surface area contributed by atoms with E-state index in [9.17, 15) is 49.9 Å². The van der Waals surface area contributed by atoms with Crippen LogP contribution >= 0.6 is 0 Å². The molecule has 0 bridgehead atoms. The van der Waals surface area contributed by atoms with Gasteiger partial charge in [-0.2, -0.15) is 35.8 Å². The van der Waals surface area contributed by atoms with Crippen molar-refractivity contribution in [1.29, 1.82) is 0 Å². The molecule has 19 heteroatoms. The van der Waals surface area contributed by atoms with Crippen LogP contribution in [0.25, 0.3) is 22.5 Å². The number of carbonyl (C=O) groups is 4. The van der Waals surface area contributed by atoms with E-state index in [1.54, 1.807) is 17.2 Å². The van der Waals surface area contributed by atoms with Crippen molar-refractivity contribution in [3.63, 3.8) is 0 Å². The van der Waals surface area contributed by atoms with Gasteiger partial charge in [0.05, 0.1) is 5.56 Å². The number of benzene rings is 3. The zero-order chi connectivity index (χ0) is 46.6. The van der Waals surface area contributed by atoms with Gasteiger partial charge in [0.2, 0.25) is 11.7 Å². The second-order valence-electron chi connectivity index (χ2n) is 17.0. The first-order chi connectivity index (χ1) is 30.2. The minimum Gasteiger partial charge on any atom is -0.477 e. The first-order valence-electron chi connectivity index (χ1n) is 21.0. The van der Waals surface area contributed by atoms with Gasteiger partial charge in [0.15, 0.2) is 5.82 Å². The van der Waals surface area contributed by atoms with Crippen molar-refractivity contribution < 1.29 is 55.0 Å². The van der Waals surface area contributed by atoms with E-state index in [0.29, 0.717) is 36.9 Å². The van der Waals surface area contributed by atoms with Crippen molar-refractivity contribution >= 4 is 29.3 Å². The average molecular weight is 902 g/mol. The fraction of sp³-hybridized carbons (Fsp3) is 0.467. The Kier molecular flexibility index (Phi) is 14.6. The monoisotopic (exact) mass is 901 g/mol. The maximum Gasteiger partial charge on any atom is 0.417 e. The van der Waals surface area contributed by atoms with Gasteiger partial charge in [0.25, 0.3) is 5.91 Å². The lowest BCUT2D eigenvalue weighted by molar-refractivity contribution is -0.231. The summed E-state index contributed by atoms with van der Waals surface area (Å²) in [6, 6.07) is 15.2. The van der Waals surface area contributed by atoms with E-state index >= 15 is 0 Å². The van der Waals surface area contributed by atoms with E-state index in [-0.39, 0.29) is 58.5 Å². The first-order valence-corrected chi connectivity index (χ1v) is 21.0. The summed E-state index contributed by atoms with van der Waals surface area (Å²) in [7, 11) is 3.98. The number of halogens is 7. The fourth-order valence-corrected chi connectivity index (χ4v) is 8.43. The van der Waals surface area contributed by atoms with E-state index in [1.165, 1.54) is 48.5 Å². The minimum absolute atomic E-state index is 0.0327.